The van der Waals surface area contributed by atoms with E-state index in [9.17, 15) is 15.0 Å². The summed E-state index contributed by atoms with van der Waals surface area (Å²) in [5.74, 6) is 0. The fourth-order valence-electron chi connectivity index (χ4n) is 6.70. The van der Waals surface area contributed by atoms with Crippen molar-refractivity contribution in [1.82, 2.24) is 28.7 Å². The van der Waals surface area contributed by atoms with Crippen LogP contribution in [0, 0.1) is 0 Å². The van der Waals surface area contributed by atoms with Gasteiger partial charge >= 0.3 is 5.69 Å². The van der Waals surface area contributed by atoms with Gasteiger partial charge in [-0.15, -0.1) is 0 Å². The number of imidazole rings is 1. The van der Waals surface area contributed by atoms with Gasteiger partial charge in [-0.3, -0.25) is 28.7 Å². The molecule has 0 saturated carbocycles. The molecule has 3 heterocycles. The van der Waals surface area contributed by atoms with Crippen LogP contribution in [0.25, 0.3) is 11.0 Å². The third-order valence-corrected chi connectivity index (χ3v) is 9.08. The molecule has 0 bridgehead atoms. The number of rotatable bonds is 12. The number of hydrogen-bond donors (Lipinski definition) is 2. The number of fused-ring (bicyclic) bond motifs is 1. The van der Waals surface area contributed by atoms with Crippen LogP contribution in [-0.2, 0) is 26.2 Å². The Kier molecular flexibility index (Phi) is 10.2. The number of para-hydroxylation sites is 2. The quantitative estimate of drug-likeness (QED) is 0.259. The van der Waals surface area contributed by atoms with E-state index in [1.54, 1.807) is 9.13 Å². The van der Waals surface area contributed by atoms with E-state index < -0.39 is 12.2 Å². The maximum absolute atomic E-state index is 13.6. The SMILES string of the molecule is O=c1n(CC(O)CN2CCN(Cc3ccccc3)CC2)c2ccccc2n1CC(O)CN1CCN(Cc2ccccc2)CC1. The van der Waals surface area contributed by atoms with Crippen molar-refractivity contribution < 1.29 is 10.2 Å². The van der Waals surface area contributed by atoms with Crippen LogP contribution >= 0.6 is 0 Å². The van der Waals surface area contributed by atoms with Gasteiger partial charge in [0.25, 0.3) is 0 Å². The first-order valence-electron chi connectivity index (χ1n) is 16.0. The van der Waals surface area contributed by atoms with E-state index in [1.807, 2.05) is 36.4 Å². The van der Waals surface area contributed by atoms with E-state index in [0.29, 0.717) is 13.1 Å². The van der Waals surface area contributed by atoms with Crippen LogP contribution in [0.15, 0.2) is 89.7 Å². The van der Waals surface area contributed by atoms with Crippen molar-refractivity contribution in [2.75, 3.05) is 65.4 Å². The van der Waals surface area contributed by atoms with Crippen molar-refractivity contribution in [3.05, 3.63) is 107 Å². The van der Waals surface area contributed by atoms with Gasteiger partial charge in [0.1, 0.15) is 0 Å². The largest absolute Gasteiger partial charge is 0.390 e. The van der Waals surface area contributed by atoms with Crippen molar-refractivity contribution in [2.45, 2.75) is 38.4 Å². The molecule has 0 spiro atoms. The smallest absolute Gasteiger partial charge is 0.329 e. The van der Waals surface area contributed by atoms with E-state index in [2.05, 4.69) is 68.1 Å². The van der Waals surface area contributed by atoms with E-state index in [4.69, 9.17) is 0 Å². The molecule has 3 aromatic carbocycles. The summed E-state index contributed by atoms with van der Waals surface area (Å²) < 4.78 is 3.36. The first-order chi connectivity index (χ1) is 21.5. The summed E-state index contributed by atoms with van der Waals surface area (Å²) in [7, 11) is 0. The lowest BCUT2D eigenvalue weighted by Crippen LogP contribution is -2.49. The Hall–Kier alpha value is -3.31. The van der Waals surface area contributed by atoms with Crippen LogP contribution in [0.1, 0.15) is 11.1 Å². The number of aliphatic hydroxyl groups is 2. The van der Waals surface area contributed by atoms with Gasteiger partial charge < -0.3 is 10.2 Å². The second-order valence-corrected chi connectivity index (χ2v) is 12.4. The van der Waals surface area contributed by atoms with Gasteiger partial charge in [0, 0.05) is 78.5 Å². The van der Waals surface area contributed by atoms with Crippen LogP contribution in [0.4, 0.5) is 0 Å². The Bertz CT molecular complexity index is 1400. The normalized spacial score (nSPS) is 19.0. The summed E-state index contributed by atoms with van der Waals surface area (Å²) in [5.41, 5.74) is 4.06. The Morgan fingerprint density at radius 2 is 0.818 bits per heavy atom. The maximum atomic E-state index is 13.6. The number of piperazine rings is 2. The third kappa shape index (κ3) is 7.85. The fourth-order valence-corrected chi connectivity index (χ4v) is 6.70. The van der Waals surface area contributed by atoms with Crippen molar-refractivity contribution in [1.29, 1.82) is 0 Å². The molecule has 2 atom stereocenters. The van der Waals surface area contributed by atoms with Crippen LogP contribution in [0.2, 0.25) is 0 Å². The molecule has 44 heavy (non-hydrogen) atoms. The van der Waals surface area contributed by atoms with Crippen LogP contribution in [0.3, 0.4) is 0 Å². The molecular formula is C35H46N6O3. The Morgan fingerprint density at radius 3 is 1.20 bits per heavy atom. The lowest BCUT2D eigenvalue weighted by atomic mass is 10.2. The molecule has 2 N–H and O–H groups in total. The molecule has 2 aliphatic heterocycles. The molecule has 2 aliphatic rings. The van der Waals surface area contributed by atoms with Gasteiger partial charge in [0.15, 0.2) is 0 Å². The van der Waals surface area contributed by atoms with E-state index in [-0.39, 0.29) is 18.8 Å². The number of benzene rings is 3. The Balaban J connectivity index is 1.01. The average molecular weight is 599 g/mol. The summed E-state index contributed by atoms with van der Waals surface area (Å²) in [4.78, 5) is 23.1. The molecule has 9 nitrogen and oxygen atoms in total. The van der Waals surface area contributed by atoms with Crippen molar-refractivity contribution in [2.24, 2.45) is 0 Å². The molecular weight excluding hydrogens is 552 g/mol. The van der Waals surface area contributed by atoms with Crippen molar-refractivity contribution in [3.8, 4) is 0 Å². The zero-order chi connectivity index (χ0) is 30.3. The predicted molar refractivity (Wildman–Crippen MR) is 175 cm³/mol. The Labute approximate surface area is 260 Å². The highest BCUT2D eigenvalue weighted by Crippen LogP contribution is 2.16. The van der Waals surface area contributed by atoms with Gasteiger partial charge in [0.2, 0.25) is 0 Å². The lowest BCUT2D eigenvalue weighted by molar-refractivity contribution is 0.0599. The Morgan fingerprint density at radius 1 is 0.477 bits per heavy atom. The number of aromatic nitrogens is 2. The molecule has 1 aromatic heterocycles. The summed E-state index contributed by atoms with van der Waals surface area (Å²) in [6.07, 6.45) is -1.32. The number of aliphatic hydroxyl groups excluding tert-OH is 2. The number of hydrogen-bond acceptors (Lipinski definition) is 7. The van der Waals surface area contributed by atoms with Gasteiger partial charge in [0.05, 0.1) is 36.3 Å². The summed E-state index contributed by atoms with van der Waals surface area (Å²) >= 11 is 0. The summed E-state index contributed by atoms with van der Waals surface area (Å²) in [6.45, 7) is 10.8. The molecule has 4 aromatic rings. The van der Waals surface area contributed by atoms with Crippen LogP contribution in [0.5, 0.6) is 0 Å². The predicted octanol–water partition coefficient (Wildman–Crippen LogP) is 2.16. The summed E-state index contributed by atoms with van der Waals surface area (Å²) in [5, 5.41) is 22.2. The number of β-amino-alcohol motifs (C(OH)–C–C–N with tert-alkyl or cyclic N) is 2. The molecule has 0 amide bonds. The topological polar surface area (TPSA) is 80.3 Å². The molecule has 2 fully saturated rings. The highest BCUT2D eigenvalue weighted by atomic mass is 16.3. The van der Waals surface area contributed by atoms with Gasteiger partial charge in [-0.05, 0) is 23.3 Å². The standard InChI is InChI=1S/C35H46N6O3/c42-31(25-38-19-15-36(16-20-38)23-29-9-3-1-4-10-29)27-40-33-13-7-8-14-34(33)41(35(40)44)28-32(43)26-39-21-17-37(18-22-39)24-30-11-5-2-6-12-30/h1-14,31-32,42-43H,15-28H2. The minimum absolute atomic E-state index is 0.176. The summed E-state index contributed by atoms with van der Waals surface area (Å²) in [6, 6.07) is 28.8. The maximum Gasteiger partial charge on any atom is 0.329 e. The second-order valence-electron chi connectivity index (χ2n) is 12.4. The first kappa shape index (κ1) is 30.7. The van der Waals surface area contributed by atoms with Gasteiger partial charge in [-0.25, -0.2) is 4.79 Å². The van der Waals surface area contributed by atoms with Crippen LogP contribution < -0.4 is 5.69 Å². The fraction of sp³-hybridized carbons (Fsp3) is 0.457. The van der Waals surface area contributed by atoms with Crippen molar-refractivity contribution >= 4 is 11.0 Å². The van der Waals surface area contributed by atoms with E-state index in [1.165, 1.54) is 11.1 Å². The molecule has 0 radical (unpaired) electrons. The minimum atomic E-state index is -0.662. The van der Waals surface area contributed by atoms with Gasteiger partial charge in [-0.1, -0.05) is 72.8 Å². The highest BCUT2D eigenvalue weighted by molar-refractivity contribution is 5.76. The monoisotopic (exact) mass is 598 g/mol. The molecule has 2 unspecified atom stereocenters. The highest BCUT2D eigenvalue weighted by Gasteiger charge is 2.24. The van der Waals surface area contributed by atoms with E-state index >= 15 is 0 Å². The van der Waals surface area contributed by atoms with E-state index in [0.717, 1.165) is 76.5 Å². The number of nitrogens with zero attached hydrogens (tertiary/aromatic N) is 6. The van der Waals surface area contributed by atoms with Crippen LogP contribution in [-0.4, -0.2) is 117 Å². The third-order valence-electron chi connectivity index (χ3n) is 9.08. The minimum Gasteiger partial charge on any atom is -0.390 e. The molecule has 234 valence electrons. The molecule has 0 aliphatic carbocycles. The molecule has 9 heteroatoms. The van der Waals surface area contributed by atoms with Crippen molar-refractivity contribution in [3.63, 3.8) is 0 Å². The second kappa shape index (κ2) is 14.6. The lowest BCUT2D eigenvalue weighted by Gasteiger charge is -2.35. The zero-order valence-corrected chi connectivity index (χ0v) is 25.6. The van der Waals surface area contributed by atoms with Gasteiger partial charge in [-0.2, -0.15) is 0 Å². The zero-order valence-electron chi connectivity index (χ0n) is 25.6. The first-order valence-corrected chi connectivity index (χ1v) is 16.0. The average Bonchev–Trinajstić information content (AvgIpc) is 3.30. The molecule has 6 rings (SSSR count). The molecule has 2 saturated heterocycles.